The van der Waals surface area contributed by atoms with Crippen LogP contribution in [0.2, 0.25) is 0 Å². The van der Waals surface area contributed by atoms with E-state index in [0.29, 0.717) is 25.7 Å². The Morgan fingerprint density at radius 1 is 0.260 bits per heavy atom. The van der Waals surface area contributed by atoms with Gasteiger partial charge in [-0.1, -0.05) is 401 Å². The fourth-order valence-corrected chi connectivity index (χ4v) is 14.8. The summed E-state index contributed by atoms with van der Waals surface area (Å²) in [6.07, 6.45) is 68.1. The fraction of sp³-hybridized carbons (Fsp3) is 0.953. The second-order valence-electron chi connectivity index (χ2n) is 31.5. The van der Waals surface area contributed by atoms with Gasteiger partial charge in [0.2, 0.25) is 0 Å². The summed E-state index contributed by atoms with van der Waals surface area (Å²) in [4.78, 5) is 73.1. The van der Waals surface area contributed by atoms with Crippen molar-refractivity contribution >= 4 is 39.5 Å². The van der Waals surface area contributed by atoms with Gasteiger partial charge < -0.3 is 33.8 Å². The van der Waals surface area contributed by atoms with Gasteiger partial charge in [-0.2, -0.15) is 0 Å². The molecular weight excluding hydrogens is 1350 g/mol. The maximum absolute atomic E-state index is 13.1. The first-order chi connectivity index (χ1) is 50.4. The van der Waals surface area contributed by atoms with Crippen LogP contribution in [0.25, 0.3) is 0 Å². The number of ether oxygens (including phenoxy) is 4. The average molecular weight is 1520 g/mol. The number of carbonyl (C=O) groups is 4. The number of hydrogen-bond donors (Lipinski definition) is 3. The quantitative estimate of drug-likeness (QED) is 0.0222. The van der Waals surface area contributed by atoms with Gasteiger partial charge in [0.05, 0.1) is 26.4 Å². The molecule has 618 valence electrons. The van der Waals surface area contributed by atoms with Crippen LogP contribution in [0.5, 0.6) is 0 Å². The molecular formula is C85H166O17P2. The number of rotatable bonds is 84. The van der Waals surface area contributed by atoms with Crippen LogP contribution in [0.3, 0.4) is 0 Å². The molecule has 0 radical (unpaired) electrons. The van der Waals surface area contributed by atoms with E-state index >= 15 is 0 Å². The van der Waals surface area contributed by atoms with Crippen LogP contribution in [0.15, 0.2) is 0 Å². The summed E-state index contributed by atoms with van der Waals surface area (Å²) in [5.74, 6) is -0.512. The Morgan fingerprint density at radius 3 is 0.654 bits per heavy atom. The third-order valence-electron chi connectivity index (χ3n) is 20.0. The standard InChI is InChI=1S/C85H166O17P2/c1-7-9-11-13-15-17-18-19-20-21-22-23-24-25-28-34-39-45-51-57-63-69-84(89)102-81(74-96-83(88)68-62-56-50-44-38-33-29-26-27-31-36-42-47-53-59-65-77(3)4)76-100-104(93,94)98-72-79(86)71-97-103(91,92)99-75-80(73-95-82(87)67-61-55-49-41-16-14-12-10-8-2)101-85(90)70-64-58-52-46-40-35-30-32-37-43-48-54-60-66-78(5)6/h77-81,86H,7-76H2,1-6H3,(H,91,92)(H,93,94)/t79-,80+,81+/m0/s1. The maximum atomic E-state index is 13.1. The molecule has 0 aliphatic rings. The summed E-state index contributed by atoms with van der Waals surface area (Å²) >= 11 is 0. The lowest BCUT2D eigenvalue weighted by Crippen LogP contribution is -2.30. The van der Waals surface area contributed by atoms with Crippen molar-refractivity contribution in [3.8, 4) is 0 Å². The molecule has 0 rings (SSSR count). The molecule has 104 heavy (non-hydrogen) atoms. The topological polar surface area (TPSA) is 237 Å². The largest absolute Gasteiger partial charge is 0.472 e. The Hall–Kier alpha value is -1.94. The van der Waals surface area contributed by atoms with Crippen LogP contribution < -0.4 is 0 Å². The lowest BCUT2D eigenvalue weighted by Gasteiger charge is -2.21. The minimum atomic E-state index is -4.96. The van der Waals surface area contributed by atoms with Crippen molar-refractivity contribution in [3.63, 3.8) is 0 Å². The van der Waals surface area contributed by atoms with Gasteiger partial charge in [0.15, 0.2) is 12.2 Å². The summed E-state index contributed by atoms with van der Waals surface area (Å²) < 4.78 is 68.8. The summed E-state index contributed by atoms with van der Waals surface area (Å²) in [5.41, 5.74) is 0. The molecule has 0 saturated heterocycles. The number of phosphoric ester groups is 2. The Labute approximate surface area is 638 Å². The molecule has 0 heterocycles. The first-order valence-electron chi connectivity index (χ1n) is 44.0. The van der Waals surface area contributed by atoms with Crippen molar-refractivity contribution < 1.29 is 80.2 Å². The van der Waals surface area contributed by atoms with E-state index in [9.17, 15) is 43.2 Å². The molecule has 5 atom stereocenters. The summed E-state index contributed by atoms with van der Waals surface area (Å²) in [6, 6.07) is 0. The molecule has 0 aromatic rings. The normalized spacial score (nSPS) is 13.8. The van der Waals surface area contributed by atoms with E-state index in [2.05, 4.69) is 41.5 Å². The number of hydrogen-bond acceptors (Lipinski definition) is 15. The molecule has 0 spiro atoms. The minimum Gasteiger partial charge on any atom is -0.462 e. The molecule has 0 aliphatic heterocycles. The molecule has 0 amide bonds. The van der Waals surface area contributed by atoms with E-state index in [1.165, 1.54) is 270 Å². The van der Waals surface area contributed by atoms with E-state index in [1.54, 1.807) is 0 Å². The summed E-state index contributed by atoms with van der Waals surface area (Å²) in [7, 11) is -9.92. The molecule has 0 fully saturated rings. The molecule has 2 unspecified atom stereocenters. The van der Waals surface area contributed by atoms with Gasteiger partial charge in [0.25, 0.3) is 0 Å². The third kappa shape index (κ3) is 78.2. The van der Waals surface area contributed by atoms with E-state index in [1.807, 2.05) is 0 Å². The highest BCUT2D eigenvalue weighted by atomic mass is 31.2. The maximum Gasteiger partial charge on any atom is 0.472 e. The molecule has 19 heteroatoms. The Morgan fingerprint density at radius 2 is 0.442 bits per heavy atom. The molecule has 0 aromatic heterocycles. The first kappa shape index (κ1) is 102. The lowest BCUT2D eigenvalue weighted by atomic mass is 10.0. The van der Waals surface area contributed by atoms with Gasteiger partial charge in [0, 0.05) is 25.7 Å². The van der Waals surface area contributed by atoms with Gasteiger partial charge >= 0.3 is 39.5 Å². The van der Waals surface area contributed by atoms with Gasteiger partial charge in [0.1, 0.15) is 19.3 Å². The number of carbonyl (C=O) groups excluding carboxylic acids is 4. The number of unbranched alkanes of at least 4 members (excludes halogenated alkanes) is 54. The van der Waals surface area contributed by atoms with Crippen LogP contribution in [0, 0.1) is 11.8 Å². The summed E-state index contributed by atoms with van der Waals surface area (Å²) in [5, 5.41) is 10.7. The SMILES string of the molecule is CCCCCCCCCCCCCCCCCCCCCCCC(=O)O[C@H](COC(=O)CCCCCCCCCCCCCCCCCC(C)C)COP(=O)(O)OC[C@@H](O)COP(=O)(O)OC[C@@H](COC(=O)CCCCCCCCCCC)OC(=O)CCCCCCCCCCCCCCCC(C)C. The highest BCUT2D eigenvalue weighted by molar-refractivity contribution is 7.47. The zero-order valence-corrected chi connectivity index (χ0v) is 70.1. The Balaban J connectivity index is 5.21. The second kappa shape index (κ2) is 76.4. The van der Waals surface area contributed by atoms with E-state index < -0.39 is 97.5 Å². The molecule has 17 nitrogen and oxygen atoms in total. The van der Waals surface area contributed by atoms with Crippen LogP contribution in [-0.4, -0.2) is 96.7 Å². The van der Waals surface area contributed by atoms with E-state index in [-0.39, 0.29) is 25.7 Å². The number of phosphoric acid groups is 2. The van der Waals surface area contributed by atoms with Gasteiger partial charge in [-0.15, -0.1) is 0 Å². The van der Waals surface area contributed by atoms with Crippen molar-refractivity contribution in [1.29, 1.82) is 0 Å². The van der Waals surface area contributed by atoms with E-state index in [0.717, 1.165) is 102 Å². The van der Waals surface area contributed by atoms with Crippen molar-refractivity contribution in [3.05, 3.63) is 0 Å². The average Bonchev–Trinajstić information content (AvgIpc) is 0.921. The van der Waals surface area contributed by atoms with Crippen molar-refractivity contribution in [2.24, 2.45) is 11.8 Å². The lowest BCUT2D eigenvalue weighted by molar-refractivity contribution is -0.161. The van der Waals surface area contributed by atoms with Crippen molar-refractivity contribution in [2.75, 3.05) is 39.6 Å². The molecule has 0 bridgehead atoms. The highest BCUT2D eigenvalue weighted by Crippen LogP contribution is 2.45. The van der Waals surface area contributed by atoms with Crippen LogP contribution in [0.4, 0.5) is 0 Å². The van der Waals surface area contributed by atoms with Crippen LogP contribution in [-0.2, 0) is 65.4 Å². The Bertz CT molecular complexity index is 1990. The molecule has 0 saturated carbocycles. The zero-order valence-electron chi connectivity index (χ0n) is 68.3. The molecule has 0 aliphatic carbocycles. The zero-order chi connectivity index (χ0) is 76.4. The fourth-order valence-electron chi connectivity index (χ4n) is 13.2. The van der Waals surface area contributed by atoms with Gasteiger partial charge in [-0.25, -0.2) is 9.13 Å². The van der Waals surface area contributed by atoms with Crippen LogP contribution >= 0.6 is 15.6 Å². The van der Waals surface area contributed by atoms with Gasteiger partial charge in [-0.3, -0.25) is 37.3 Å². The smallest absolute Gasteiger partial charge is 0.462 e. The molecule has 3 N–H and O–H groups in total. The predicted molar refractivity (Wildman–Crippen MR) is 428 cm³/mol. The number of aliphatic hydroxyl groups is 1. The van der Waals surface area contributed by atoms with Crippen LogP contribution in [0.1, 0.15) is 452 Å². The minimum absolute atomic E-state index is 0.107. The molecule has 0 aromatic carbocycles. The Kier molecular flexibility index (Phi) is 75.0. The second-order valence-corrected chi connectivity index (χ2v) is 34.4. The van der Waals surface area contributed by atoms with E-state index in [4.69, 9.17) is 37.0 Å². The number of esters is 4. The predicted octanol–water partition coefficient (Wildman–Crippen LogP) is 25.8. The third-order valence-corrected chi connectivity index (χ3v) is 21.9. The number of aliphatic hydroxyl groups excluding tert-OH is 1. The summed E-state index contributed by atoms with van der Waals surface area (Å²) in [6.45, 7) is 9.69. The highest BCUT2D eigenvalue weighted by Gasteiger charge is 2.30. The van der Waals surface area contributed by atoms with Crippen molar-refractivity contribution in [2.45, 2.75) is 471 Å². The first-order valence-corrected chi connectivity index (χ1v) is 47.0. The monoisotopic (exact) mass is 1520 g/mol. The van der Waals surface area contributed by atoms with Gasteiger partial charge in [-0.05, 0) is 37.5 Å². The van der Waals surface area contributed by atoms with Crippen molar-refractivity contribution in [1.82, 2.24) is 0 Å².